The van der Waals surface area contributed by atoms with Gasteiger partial charge in [0.2, 0.25) is 0 Å². The predicted molar refractivity (Wildman–Crippen MR) is 2.06 cm³/mol. The molecule has 0 unspecified atom stereocenters. The van der Waals surface area contributed by atoms with Crippen LogP contribution in [0.1, 0.15) is 0 Å². The Bertz CT molecular complexity index is 10.9. The van der Waals surface area contributed by atoms with Gasteiger partial charge in [-0.3, -0.25) is 0 Å². The normalized spacial score (nSPS) is 0. The zero-order chi connectivity index (χ0) is 0. The summed E-state index contributed by atoms with van der Waals surface area (Å²) in [6.07, 6.45) is 0. The van der Waals surface area contributed by atoms with E-state index in [-0.39, 0.29) is 139 Å². The predicted octanol–water partition coefficient (Wildman–Crippen LogP) is -0.361. The molecule has 0 aliphatic carbocycles. The van der Waals surface area contributed by atoms with Crippen molar-refractivity contribution in [3.05, 3.63) is 0 Å². The maximum absolute atomic E-state index is 0. The third kappa shape index (κ3) is 40.8. The third-order valence-electron chi connectivity index (χ3n) is 0. The molecule has 0 aromatic carbocycles. The molecule has 7 heavy (non-hydrogen) atoms. The van der Waals surface area contributed by atoms with Crippen LogP contribution in [0.3, 0.4) is 0 Å². The van der Waals surface area contributed by atoms with E-state index >= 15 is 0 Å². The summed E-state index contributed by atoms with van der Waals surface area (Å²) in [6.45, 7) is 0. The fraction of sp³-hybridized carbons (Fsp3) is 0. The molecule has 0 aliphatic heterocycles. The van der Waals surface area contributed by atoms with E-state index in [4.69, 9.17) is 0 Å². The summed E-state index contributed by atoms with van der Waals surface area (Å²) in [4.78, 5) is 0. The summed E-state index contributed by atoms with van der Waals surface area (Å²) in [5.41, 5.74) is 0. The van der Waals surface area contributed by atoms with Crippen molar-refractivity contribution in [2.45, 2.75) is 0 Å². The van der Waals surface area contributed by atoms with E-state index in [9.17, 15) is 0 Å². The maximum atomic E-state index is 0. The molecule has 0 aliphatic rings. The second kappa shape index (κ2) is 51.8. The van der Waals surface area contributed by atoms with E-state index in [0.717, 1.165) is 0 Å². The van der Waals surface area contributed by atoms with Gasteiger partial charge >= 0.3 is 83.5 Å². The van der Waals surface area contributed by atoms with Gasteiger partial charge in [-0.1, -0.05) is 0 Å². The van der Waals surface area contributed by atoms with Crippen molar-refractivity contribution in [2.75, 3.05) is 0 Å². The quantitative estimate of drug-likeness (QED) is 0.384. The summed E-state index contributed by atoms with van der Waals surface area (Å²) in [6, 6.07) is 0. The van der Waals surface area contributed by atoms with E-state index in [2.05, 4.69) is 0 Å². The van der Waals surface area contributed by atoms with Crippen molar-refractivity contribution in [1.29, 1.82) is 0 Å². The molecule has 0 saturated carbocycles. The molecule has 0 amide bonds. The second-order valence-corrected chi connectivity index (χ2v) is 0. The Hall–Kier alpha value is 3.88. The van der Waals surface area contributed by atoms with Crippen LogP contribution in [0.5, 0.6) is 0 Å². The monoisotopic (exact) mass is 532 g/mol. The molecule has 0 heterocycles. The summed E-state index contributed by atoms with van der Waals surface area (Å²) < 4.78 is 0. The molecule has 0 N–H and O–H groups in total. The second-order valence-electron chi connectivity index (χ2n) is 0. The Morgan fingerprint density at radius 2 is 0.429 bits per heavy atom. The van der Waals surface area contributed by atoms with Crippen LogP contribution >= 0.6 is 0 Å². The van der Waals surface area contributed by atoms with Gasteiger partial charge in [-0.2, -0.15) is 0 Å². The first-order valence-corrected chi connectivity index (χ1v) is 0. The Labute approximate surface area is 135 Å². The third-order valence-corrected chi connectivity index (χ3v) is 0. The van der Waals surface area contributed by atoms with Gasteiger partial charge in [-0.05, 0) is 0 Å². The molecule has 0 saturated heterocycles. The van der Waals surface area contributed by atoms with Gasteiger partial charge in [-0.15, -0.1) is 0 Å². The Morgan fingerprint density at radius 3 is 0.429 bits per heavy atom. The molecular formula is Ce2O3Ru2. The van der Waals surface area contributed by atoms with E-state index < -0.39 is 0 Å². The van der Waals surface area contributed by atoms with Gasteiger partial charge in [-0.25, -0.2) is 0 Å². The SMILES string of the molecule is [Ce+3].[Ce+3].[O-2].[O-2].[O-2].[Ru].[Ru]. The van der Waals surface area contributed by atoms with E-state index in [1.54, 1.807) is 0 Å². The zero-order valence-electron chi connectivity index (χ0n) is 2.93. The van der Waals surface area contributed by atoms with Crippen molar-refractivity contribution in [2.24, 2.45) is 0 Å². The van der Waals surface area contributed by atoms with Crippen molar-refractivity contribution < 1.29 is 139 Å². The number of hydrogen-bond acceptors (Lipinski definition) is 0. The molecule has 2 radical (unpaired) electrons. The van der Waals surface area contributed by atoms with Crippen LogP contribution in [-0.2, 0) is 55.4 Å². The van der Waals surface area contributed by atoms with Crippen molar-refractivity contribution in [1.82, 2.24) is 0 Å². The first kappa shape index (κ1) is 70.5. The Kier molecular flexibility index (Phi) is 522. The minimum absolute atomic E-state index is 0. The molecule has 42 valence electrons. The van der Waals surface area contributed by atoms with E-state index in [1.807, 2.05) is 0 Å². The van der Waals surface area contributed by atoms with Crippen LogP contribution in [0.4, 0.5) is 0 Å². The summed E-state index contributed by atoms with van der Waals surface area (Å²) in [5, 5.41) is 0. The van der Waals surface area contributed by atoms with Crippen LogP contribution in [-0.4, -0.2) is 0 Å². The largest absolute Gasteiger partial charge is 3.00 e. The van der Waals surface area contributed by atoms with Crippen molar-refractivity contribution >= 4 is 0 Å². The van der Waals surface area contributed by atoms with Crippen LogP contribution < -0.4 is 0 Å². The summed E-state index contributed by atoms with van der Waals surface area (Å²) in [7, 11) is 0. The average molecular weight is 530 g/mol. The molecule has 0 atom stereocenters. The average Bonchev–Trinajstić information content (AvgIpc) is 0. The fourth-order valence-corrected chi connectivity index (χ4v) is 0. The van der Waals surface area contributed by atoms with Crippen LogP contribution in [0.25, 0.3) is 0 Å². The van der Waals surface area contributed by atoms with E-state index in [1.165, 1.54) is 0 Å². The molecule has 0 spiro atoms. The number of rotatable bonds is 0. The zero-order valence-corrected chi connectivity index (χ0v) is 12.7. The molecular weight excluding hydrogens is 530 g/mol. The molecule has 3 nitrogen and oxygen atoms in total. The fourth-order valence-electron chi connectivity index (χ4n) is 0. The van der Waals surface area contributed by atoms with Crippen LogP contribution in [0.15, 0.2) is 0 Å². The number of hydrogen-bond donors (Lipinski definition) is 0. The standard InChI is InChI=1S/2Ce.3O.2Ru/q2*+3;3*-2;;. The van der Waals surface area contributed by atoms with Gasteiger partial charge in [0.05, 0.1) is 0 Å². The smallest absolute Gasteiger partial charge is 2.00 e. The van der Waals surface area contributed by atoms with Crippen LogP contribution in [0, 0.1) is 83.5 Å². The Balaban J connectivity index is 0. The van der Waals surface area contributed by atoms with Crippen molar-refractivity contribution in [3.8, 4) is 0 Å². The van der Waals surface area contributed by atoms with E-state index in [0.29, 0.717) is 0 Å². The Morgan fingerprint density at radius 1 is 0.429 bits per heavy atom. The van der Waals surface area contributed by atoms with Gasteiger partial charge in [0.15, 0.2) is 0 Å². The molecule has 0 aromatic rings. The molecule has 0 rings (SSSR count). The first-order chi connectivity index (χ1) is 0. The first-order valence-electron chi connectivity index (χ1n) is 0. The van der Waals surface area contributed by atoms with Gasteiger partial charge in [0.1, 0.15) is 0 Å². The molecule has 0 aromatic heterocycles. The van der Waals surface area contributed by atoms with Gasteiger partial charge < -0.3 is 16.4 Å². The van der Waals surface area contributed by atoms with Gasteiger partial charge in [0, 0.05) is 39.0 Å². The van der Waals surface area contributed by atoms with Crippen molar-refractivity contribution in [3.63, 3.8) is 0 Å². The topological polar surface area (TPSA) is 85.5 Å². The molecule has 0 fully saturated rings. The summed E-state index contributed by atoms with van der Waals surface area (Å²) >= 11 is 0. The molecule has 7 heteroatoms. The maximum Gasteiger partial charge on any atom is 3.00 e. The molecule has 0 bridgehead atoms. The summed E-state index contributed by atoms with van der Waals surface area (Å²) in [5.74, 6) is 0. The minimum atomic E-state index is 0. The van der Waals surface area contributed by atoms with Crippen LogP contribution in [0.2, 0.25) is 0 Å². The minimum Gasteiger partial charge on any atom is -2.00 e. The van der Waals surface area contributed by atoms with Gasteiger partial charge in [0.25, 0.3) is 0 Å².